The van der Waals surface area contributed by atoms with Crippen molar-refractivity contribution in [3.8, 4) is 11.3 Å². The summed E-state index contributed by atoms with van der Waals surface area (Å²) in [5.41, 5.74) is -0.172. The largest absolute Gasteiger partial charge is 0.418 e. The van der Waals surface area contributed by atoms with Crippen molar-refractivity contribution in [3.05, 3.63) is 83.1 Å². The summed E-state index contributed by atoms with van der Waals surface area (Å²) in [6.45, 7) is 0. The van der Waals surface area contributed by atoms with Gasteiger partial charge in [-0.1, -0.05) is 47.6 Å². The number of alkyl halides is 3. The van der Waals surface area contributed by atoms with E-state index in [-0.39, 0.29) is 22.3 Å². The highest BCUT2D eigenvalue weighted by Gasteiger charge is 2.34. The molecule has 4 nitrogen and oxygen atoms in total. The van der Waals surface area contributed by atoms with Gasteiger partial charge in [-0.05, 0) is 42.5 Å². The number of halogens is 5. The van der Waals surface area contributed by atoms with Crippen molar-refractivity contribution in [3.63, 3.8) is 0 Å². The molecule has 33 heavy (non-hydrogen) atoms. The van der Waals surface area contributed by atoms with Crippen molar-refractivity contribution in [1.29, 1.82) is 0 Å². The van der Waals surface area contributed by atoms with Crippen LogP contribution < -0.4 is 5.32 Å². The summed E-state index contributed by atoms with van der Waals surface area (Å²) >= 11 is 6.72. The normalized spacial score (nSPS) is 11.5. The van der Waals surface area contributed by atoms with E-state index in [1.54, 1.807) is 24.3 Å². The highest BCUT2D eigenvalue weighted by molar-refractivity contribution is 8.00. The molecule has 168 valence electrons. The van der Waals surface area contributed by atoms with Crippen LogP contribution in [0.3, 0.4) is 0 Å². The summed E-state index contributed by atoms with van der Waals surface area (Å²) < 4.78 is 53.0. The molecule has 4 rings (SSSR count). The van der Waals surface area contributed by atoms with Crippen molar-refractivity contribution in [2.45, 2.75) is 11.2 Å². The van der Waals surface area contributed by atoms with Gasteiger partial charge in [0.15, 0.2) is 0 Å². The summed E-state index contributed by atoms with van der Waals surface area (Å²) in [6, 6.07) is 16.2. The van der Waals surface area contributed by atoms with Gasteiger partial charge >= 0.3 is 6.18 Å². The molecule has 10 heteroatoms. The van der Waals surface area contributed by atoms with E-state index in [0.29, 0.717) is 21.7 Å². The first-order valence-electron chi connectivity index (χ1n) is 9.53. The number of carbonyl (C=O) groups excluding carboxylic acids is 1. The number of nitrogens with one attached hydrogen (secondary N) is 1. The Bertz CT molecular complexity index is 1330. The Balaban J connectivity index is 1.56. The highest BCUT2D eigenvalue weighted by Crippen LogP contribution is 2.37. The lowest BCUT2D eigenvalue weighted by Crippen LogP contribution is -2.18. The van der Waals surface area contributed by atoms with Gasteiger partial charge in [-0.2, -0.15) is 13.2 Å². The average Bonchev–Trinajstić information content (AvgIpc) is 2.78. The molecule has 0 radical (unpaired) electrons. The Kier molecular flexibility index (Phi) is 6.53. The average molecular weight is 492 g/mol. The Hall–Kier alpha value is -3.17. The molecule has 0 aliphatic carbocycles. The number of anilines is 1. The van der Waals surface area contributed by atoms with Gasteiger partial charge in [0.1, 0.15) is 16.5 Å². The van der Waals surface area contributed by atoms with E-state index in [1.807, 2.05) is 12.1 Å². The van der Waals surface area contributed by atoms with Crippen LogP contribution in [0.15, 0.2) is 71.8 Å². The first-order chi connectivity index (χ1) is 15.7. The third-order valence-electron chi connectivity index (χ3n) is 4.67. The number of benzene rings is 3. The number of thioether (sulfide) groups is 1. The van der Waals surface area contributed by atoms with Crippen LogP contribution in [0.5, 0.6) is 0 Å². The SMILES string of the molecule is O=C(CSc1nnc(-c2ccc(F)cc2)c2ccccc12)Nc1ccc(Cl)cc1C(F)(F)F. The van der Waals surface area contributed by atoms with Crippen molar-refractivity contribution < 1.29 is 22.4 Å². The lowest BCUT2D eigenvalue weighted by molar-refractivity contribution is -0.137. The molecule has 0 fully saturated rings. The quantitative estimate of drug-likeness (QED) is 0.245. The number of hydrogen-bond acceptors (Lipinski definition) is 4. The molecular formula is C23H14ClF4N3OS. The molecule has 4 aromatic rings. The van der Waals surface area contributed by atoms with E-state index in [9.17, 15) is 22.4 Å². The molecule has 0 aliphatic heterocycles. The molecule has 0 saturated heterocycles. The summed E-state index contributed by atoms with van der Waals surface area (Å²) in [6.07, 6.45) is -4.67. The molecule has 1 aromatic heterocycles. The Morgan fingerprint density at radius 3 is 2.36 bits per heavy atom. The van der Waals surface area contributed by atoms with E-state index >= 15 is 0 Å². The van der Waals surface area contributed by atoms with Gasteiger partial charge in [-0.25, -0.2) is 4.39 Å². The molecule has 0 bridgehead atoms. The van der Waals surface area contributed by atoms with Crippen LogP contribution in [0.25, 0.3) is 22.0 Å². The van der Waals surface area contributed by atoms with Gasteiger partial charge in [-0.15, -0.1) is 10.2 Å². The van der Waals surface area contributed by atoms with Crippen molar-refractivity contribution in [2.75, 3.05) is 11.1 Å². The van der Waals surface area contributed by atoms with Crippen LogP contribution in [0.1, 0.15) is 5.56 Å². The minimum Gasteiger partial charge on any atom is -0.325 e. The summed E-state index contributed by atoms with van der Waals surface area (Å²) in [5, 5.41) is 12.5. The zero-order valence-electron chi connectivity index (χ0n) is 16.7. The van der Waals surface area contributed by atoms with Crippen LogP contribution in [0.2, 0.25) is 5.02 Å². The van der Waals surface area contributed by atoms with Gasteiger partial charge in [0.05, 0.1) is 17.0 Å². The Morgan fingerprint density at radius 1 is 0.970 bits per heavy atom. The van der Waals surface area contributed by atoms with Crippen LogP contribution >= 0.6 is 23.4 Å². The second-order valence-electron chi connectivity index (χ2n) is 6.93. The van der Waals surface area contributed by atoms with E-state index < -0.39 is 17.6 Å². The number of fused-ring (bicyclic) bond motifs is 1. The third kappa shape index (κ3) is 5.26. The fraction of sp³-hybridized carbons (Fsp3) is 0.0870. The topological polar surface area (TPSA) is 54.9 Å². The number of nitrogens with zero attached hydrogens (tertiary/aromatic N) is 2. The molecule has 0 spiro atoms. The van der Waals surface area contributed by atoms with Crippen molar-refractivity contribution >= 4 is 45.7 Å². The molecule has 3 aromatic carbocycles. The first-order valence-corrected chi connectivity index (χ1v) is 10.9. The summed E-state index contributed by atoms with van der Waals surface area (Å²) in [7, 11) is 0. The number of carbonyl (C=O) groups is 1. The Morgan fingerprint density at radius 2 is 1.67 bits per heavy atom. The second-order valence-corrected chi connectivity index (χ2v) is 8.33. The minimum absolute atomic E-state index is 0.0855. The lowest BCUT2D eigenvalue weighted by Gasteiger charge is -2.14. The minimum atomic E-state index is -4.67. The first kappa shape index (κ1) is 23.0. The summed E-state index contributed by atoms with van der Waals surface area (Å²) in [5.74, 6) is -1.20. The fourth-order valence-electron chi connectivity index (χ4n) is 3.19. The molecule has 0 saturated carbocycles. The molecule has 1 amide bonds. The standard InChI is InChI=1S/C23H14ClF4N3OS/c24-14-7-10-19(18(11-14)23(26,27)28)29-20(32)12-33-22-17-4-2-1-3-16(17)21(30-31-22)13-5-8-15(25)9-6-13/h1-11H,12H2,(H,29,32). The lowest BCUT2D eigenvalue weighted by atomic mass is 10.1. The molecule has 1 N–H and O–H groups in total. The van der Waals surface area contributed by atoms with Crippen LogP contribution in [-0.2, 0) is 11.0 Å². The van der Waals surface area contributed by atoms with E-state index in [2.05, 4.69) is 15.5 Å². The van der Waals surface area contributed by atoms with E-state index in [4.69, 9.17) is 11.6 Å². The predicted molar refractivity (Wildman–Crippen MR) is 121 cm³/mol. The van der Waals surface area contributed by atoms with Gasteiger partial charge in [0.25, 0.3) is 0 Å². The monoisotopic (exact) mass is 491 g/mol. The molecule has 0 unspecified atom stereocenters. The number of hydrogen-bond donors (Lipinski definition) is 1. The van der Waals surface area contributed by atoms with Crippen LogP contribution in [0.4, 0.5) is 23.2 Å². The van der Waals surface area contributed by atoms with Crippen LogP contribution in [-0.4, -0.2) is 21.9 Å². The highest BCUT2D eigenvalue weighted by atomic mass is 35.5. The fourth-order valence-corrected chi connectivity index (χ4v) is 4.13. The maximum atomic E-state index is 13.3. The van der Waals surface area contributed by atoms with Gasteiger partial charge in [0.2, 0.25) is 5.91 Å². The second kappa shape index (κ2) is 9.36. The van der Waals surface area contributed by atoms with E-state index in [0.717, 1.165) is 29.3 Å². The molecule has 1 heterocycles. The van der Waals surface area contributed by atoms with Crippen molar-refractivity contribution in [1.82, 2.24) is 10.2 Å². The number of rotatable bonds is 5. The molecule has 0 aliphatic rings. The summed E-state index contributed by atoms with van der Waals surface area (Å²) in [4.78, 5) is 12.4. The molecular weight excluding hydrogens is 478 g/mol. The van der Waals surface area contributed by atoms with E-state index in [1.165, 1.54) is 18.2 Å². The number of aromatic nitrogens is 2. The zero-order valence-corrected chi connectivity index (χ0v) is 18.2. The van der Waals surface area contributed by atoms with Gasteiger partial charge < -0.3 is 5.32 Å². The maximum Gasteiger partial charge on any atom is 0.418 e. The van der Waals surface area contributed by atoms with Crippen LogP contribution in [0, 0.1) is 5.82 Å². The molecule has 0 atom stereocenters. The third-order valence-corrected chi connectivity index (χ3v) is 5.89. The number of amides is 1. The predicted octanol–water partition coefficient (Wildman–Crippen LogP) is 6.84. The smallest absolute Gasteiger partial charge is 0.325 e. The maximum absolute atomic E-state index is 13.3. The van der Waals surface area contributed by atoms with Gasteiger partial charge in [0, 0.05) is 21.4 Å². The van der Waals surface area contributed by atoms with Crippen molar-refractivity contribution in [2.24, 2.45) is 0 Å². The zero-order chi connectivity index (χ0) is 23.6. The van der Waals surface area contributed by atoms with Gasteiger partial charge in [-0.3, -0.25) is 4.79 Å². The Labute approximate surface area is 195 Å².